The van der Waals surface area contributed by atoms with Crippen molar-refractivity contribution in [1.29, 1.82) is 0 Å². The topological polar surface area (TPSA) is 0 Å². The van der Waals surface area contributed by atoms with Gasteiger partial charge in [0.05, 0.1) is 0 Å². The highest BCUT2D eigenvalue weighted by Gasteiger charge is 2.39. The van der Waals surface area contributed by atoms with Gasteiger partial charge >= 0.3 is 0 Å². The van der Waals surface area contributed by atoms with Crippen LogP contribution in [-0.4, -0.2) is 0 Å². The summed E-state index contributed by atoms with van der Waals surface area (Å²) in [6.45, 7) is 0. The third kappa shape index (κ3) is 2.81. The first-order valence-electron chi connectivity index (χ1n) is 10.6. The molecule has 2 aromatic heterocycles. The van der Waals surface area contributed by atoms with Crippen LogP contribution in [0.5, 0.6) is 0 Å². The quantitative estimate of drug-likeness (QED) is 0.269. The van der Waals surface area contributed by atoms with E-state index in [1.165, 1.54) is 30.8 Å². The van der Waals surface area contributed by atoms with E-state index in [1.54, 1.807) is 19.8 Å². The van der Waals surface area contributed by atoms with Gasteiger partial charge in [-0.3, -0.25) is 0 Å². The number of thiophene rings is 2. The largest absolute Gasteiger partial charge is 0.134 e. The molecule has 4 aromatic carbocycles. The molecule has 1 aliphatic rings. The summed E-state index contributed by atoms with van der Waals surface area (Å²) >= 11 is 4.05. The Balaban J connectivity index is 1.65. The van der Waals surface area contributed by atoms with E-state index in [1.807, 2.05) is 22.7 Å². The highest BCUT2D eigenvalue weighted by atomic mass is 32.1. The van der Waals surface area contributed by atoms with Gasteiger partial charge in [-0.25, -0.2) is 0 Å². The summed E-state index contributed by atoms with van der Waals surface area (Å²) in [4.78, 5) is 0. The molecule has 0 amide bonds. The van der Waals surface area contributed by atoms with Gasteiger partial charge in [0, 0.05) is 47.9 Å². The number of rotatable bonds is 2. The number of benzene rings is 4. The van der Waals surface area contributed by atoms with Crippen molar-refractivity contribution in [3.63, 3.8) is 0 Å². The Kier molecular flexibility index (Phi) is 4.56. The van der Waals surface area contributed by atoms with E-state index in [-0.39, 0.29) is 0 Å². The molecule has 1 aliphatic heterocycles. The normalized spacial score (nSPS) is 17.4. The van der Waals surface area contributed by atoms with E-state index >= 15 is 0 Å². The molecule has 152 valence electrons. The second-order valence-corrected chi connectivity index (χ2v) is 14.7. The highest BCUT2D eigenvalue weighted by Crippen LogP contribution is 2.52. The summed E-state index contributed by atoms with van der Waals surface area (Å²) in [7, 11) is -1.16. The maximum atomic E-state index is 2.35. The van der Waals surface area contributed by atoms with Crippen LogP contribution in [0.4, 0.5) is 0 Å². The van der Waals surface area contributed by atoms with Gasteiger partial charge in [-0.15, -0.1) is 22.7 Å². The minimum Gasteiger partial charge on any atom is -0.134 e. The van der Waals surface area contributed by atoms with Crippen molar-refractivity contribution < 1.29 is 0 Å². The van der Waals surface area contributed by atoms with Crippen LogP contribution in [0.15, 0.2) is 109 Å². The first-order valence-corrected chi connectivity index (χ1v) is 15.0. The van der Waals surface area contributed by atoms with Crippen LogP contribution in [0.25, 0.3) is 20.2 Å². The van der Waals surface area contributed by atoms with Crippen molar-refractivity contribution in [3.8, 4) is 0 Å². The fraction of sp³-hybridized carbons (Fsp3) is 0. The van der Waals surface area contributed by atoms with Gasteiger partial charge in [-0.05, 0) is 30.7 Å². The Labute approximate surface area is 197 Å². The van der Waals surface area contributed by atoms with Gasteiger partial charge < -0.3 is 0 Å². The molecular weight excluding hydrogens is 462 g/mol. The van der Waals surface area contributed by atoms with Crippen LogP contribution in [0.3, 0.4) is 0 Å². The summed E-state index contributed by atoms with van der Waals surface area (Å²) in [6, 6.07) is 40.5. The zero-order chi connectivity index (χ0) is 21.1. The molecule has 0 unspecified atom stereocenters. The second-order valence-electron chi connectivity index (χ2n) is 7.85. The molecule has 0 bridgehead atoms. The van der Waals surface area contributed by atoms with Crippen LogP contribution < -0.4 is 30.5 Å². The van der Waals surface area contributed by atoms with Crippen molar-refractivity contribution in [2.45, 2.75) is 0 Å². The van der Waals surface area contributed by atoms with Gasteiger partial charge in [-0.2, -0.15) is 0 Å². The summed E-state index contributed by atoms with van der Waals surface area (Å²) in [5.41, 5.74) is 0. The molecular formula is C28H18P2S2. The van der Waals surface area contributed by atoms with Gasteiger partial charge in [-0.1, -0.05) is 97.1 Å². The highest BCUT2D eigenvalue weighted by molar-refractivity contribution is 7.97. The van der Waals surface area contributed by atoms with Gasteiger partial charge in [0.25, 0.3) is 0 Å². The number of fused-ring (bicyclic) bond motifs is 6. The standard InChI is InChI=1S/C28H18P2S2/c1-3-11-19(12-4-1)29-25-21-15-7-9-17-23(21)31-27(25)30(20-13-5-2-6-14-20)28-26(29)22-16-8-10-18-24(22)32-28/h1-18H. The average Bonchev–Trinajstić information content (AvgIpc) is 3.42. The molecule has 7 rings (SSSR count). The average molecular weight is 481 g/mol. The van der Waals surface area contributed by atoms with Crippen LogP contribution in [0.1, 0.15) is 0 Å². The summed E-state index contributed by atoms with van der Waals surface area (Å²) in [5.74, 6) is 0. The Bertz CT molecular complexity index is 1500. The summed E-state index contributed by atoms with van der Waals surface area (Å²) < 4.78 is 6.04. The Morgan fingerprint density at radius 2 is 0.812 bits per heavy atom. The van der Waals surface area contributed by atoms with Gasteiger partial charge in [0.1, 0.15) is 0 Å². The molecule has 0 nitrogen and oxygen atoms in total. The van der Waals surface area contributed by atoms with E-state index < -0.39 is 15.8 Å². The SMILES string of the molecule is c1ccc(P2c3sc4ccccc4c3P(c3ccccc3)c3c2sc2ccccc32)cc1. The van der Waals surface area contributed by atoms with Gasteiger partial charge in [0.15, 0.2) is 0 Å². The lowest BCUT2D eigenvalue weighted by molar-refractivity contribution is 1.77. The monoisotopic (exact) mass is 480 g/mol. The zero-order valence-corrected chi connectivity index (χ0v) is 20.5. The molecule has 6 aromatic rings. The number of hydrogen-bond donors (Lipinski definition) is 0. The van der Waals surface area contributed by atoms with E-state index in [4.69, 9.17) is 0 Å². The van der Waals surface area contributed by atoms with E-state index in [2.05, 4.69) is 109 Å². The third-order valence-electron chi connectivity index (χ3n) is 5.98. The van der Waals surface area contributed by atoms with Crippen molar-refractivity contribution in [1.82, 2.24) is 0 Å². The fourth-order valence-corrected chi connectivity index (χ4v) is 15.4. The van der Waals surface area contributed by atoms with Crippen molar-refractivity contribution in [3.05, 3.63) is 109 Å². The molecule has 0 fully saturated rings. The van der Waals surface area contributed by atoms with Crippen LogP contribution >= 0.6 is 38.5 Å². The second kappa shape index (κ2) is 7.62. The van der Waals surface area contributed by atoms with E-state index in [0.29, 0.717) is 0 Å². The van der Waals surface area contributed by atoms with Crippen molar-refractivity contribution in [2.24, 2.45) is 0 Å². The van der Waals surface area contributed by atoms with Crippen LogP contribution in [0.2, 0.25) is 0 Å². The molecule has 0 N–H and O–H groups in total. The van der Waals surface area contributed by atoms with Gasteiger partial charge in [0.2, 0.25) is 0 Å². The number of hydrogen-bond acceptors (Lipinski definition) is 2. The van der Waals surface area contributed by atoms with Crippen LogP contribution in [0, 0.1) is 0 Å². The Morgan fingerprint density at radius 3 is 1.31 bits per heavy atom. The molecule has 0 radical (unpaired) electrons. The molecule has 0 spiro atoms. The van der Waals surface area contributed by atoms with E-state index in [0.717, 1.165) is 0 Å². The lowest BCUT2D eigenvalue weighted by Gasteiger charge is -2.31. The molecule has 32 heavy (non-hydrogen) atoms. The van der Waals surface area contributed by atoms with E-state index in [9.17, 15) is 0 Å². The molecule has 3 heterocycles. The lowest BCUT2D eigenvalue weighted by atomic mass is 10.3. The first-order chi connectivity index (χ1) is 15.9. The van der Waals surface area contributed by atoms with Crippen LogP contribution in [-0.2, 0) is 0 Å². The first kappa shape index (κ1) is 19.2. The fourth-order valence-electron chi connectivity index (χ4n) is 4.62. The molecule has 0 saturated carbocycles. The maximum absolute atomic E-state index is 2.35. The maximum Gasteiger partial charge on any atom is 0.0472 e. The summed E-state index contributed by atoms with van der Waals surface area (Å²) in [5, 5.41) is 9.01. The Hall–Kier alpha value is -2.34. The predicted molar refractivity (Wildman–Crippen MR) is 148 cm³/mol. The summed E-state index contributed by atoms with van der Waals surface area (Å²) in [6.07, 6.45) is 0. The molecule has 4 heteroatoms. The Morgan fingerprint density at radius 1 is 0.406 bits per heavy atom. The smallest absolute Gasteiger partial charge is 0.0472 e. The minimum atomic E-state index is -0.604. The molecule has 0 aliphatic carbocycles. The van der Waals surface area contributed by atoms with Crippen molar-refractivity contribution in [2.75, 3.05) is 0 Å². The zero-order valence-electron chi connectivity index (χ0n) is 17.1. The predicted octanol–water partition coefficient (Wildman–Crippen LogP) is 5.95. The lowest BCUT2D eigenvalue weighted by Crippen LogP contribution is -2.41. The molecule has 0 saturated heterocycles. The molecule has 0 atom stereocenters. The minimum absolute atomic E-state index is 0.556. The van der Waals surface area contributed by atoms with Crippen molar-refractivity contribution >= 4 is 89.1 Å². The third-order valence-corrected chi connectivity index (χ3v) is 14.9.